The molecule has 0 aromatic heterocycles. The Bertz CT molecular complexity index is 134. The van der Waals surface area contributed by atoms with Gasteiger partial charge in [-0.25, -0.2) is 0 Å². The van der Waals surface area contributed by atoms with E-state index in [1.54, 1.807) is 0 Å². The summed E-state index contributed by atoms with van der Waals surface area (Å²) in [4.78, 5) is 19.6. The highest BCUT2D eigenvalue weighted by Gasteiger charge is 2.14. The highest BCUT2D eigenvalue weighted by atomic mass is 16.4. The fourth-order valence-electron chi connectivity index (χ4n) is 0.275. The van der Waals surface area contributed by atoms with Gasteiger partial charge in [0, 0.05) is 0 Å². The zero-order chi connectivity index (χ0) is 7.44. The smallest absolute Gasteiger partial charge is 0.321 e. The van der Waals surface area contributed by atoms with Gasteiger partial charge in [0.2, 0.25) is 0 Å². The minimum atomic E-state index is -1.29. The number of aliphatic carboxylic acids is 2. The lowest BCUT2D eigenvalue weighted by Gasteiger charge is -1.99. The SMILES string of the molecule is C.NC(CC(=O)O)C(=O)O. The number of nitrogens with two attached hydrogens (primary N) is 1. The molecule has 10 heavy (non-hydrogen) atoms. The Morgan fingerprint density at radius 2 is 1.80 bits per heavy atom. The first kappa shape index (κ1) is 11.7. The molecule has 0 saturated carbocycles. The fourth-order valence-corrected chi connectivity index (χ4v) is 0.275. The standard InChI is InChI=1S/C4H7NO4.CH4/c5-2(4(8)9)1-3(6)7;/h2H,1,5H2,(H,6,7)(H,8,9);1H4. The summed E-state index contributed by atoms with van der Waals surface area (Å²) in [7, 11) is 0. The molecule has 1 unspecified atom stereocenters. The number of carboxylic acid groups (broad SMARTS) is 2. The Morgan fingerprint density at radius 1 is 1.40 bits per heavy atom. The van der Waals surface area contributed by atoms with E-state index in [9.17, 15) is 9.59 Å². The van der Waals surface area contributed by atoms with Crippen LogP contribution in [-0.2, 0) is 9.59 Å². The Balaban J connectivity index is 0. The molecule has 0 aliphatic carbocycles. The summed E-state index contributed by atoms with van der Waals surface area (Å²) in [6, 6.07) is -1.29. The molecule has 0 spiro atoms. The first-order valence-electron chi connectivity index (χ1n) is 2.24. The average molecular weight is 149 g/mol. The largest absolute Gasteiger partial charge is 0.481 e. The van der Waals surface area contributed by atoms with Crippen molar-refractivity contribution in [3.63, 3.8) is 0 Å². The van der Waals surface area contributed by atoms with Gasteiger partial charge in [-0.15, -0.1) is 0 Å². The van der Waals surface area contributed by atoms with Gasteiger partial charge in [0.15, 0.2) is 0 Å². The van der Waals surface area contributed by atoms with Crippen LogP contribution < -0.4 is 5.73 Å². The summed E-state index contributed by atoms with van der Waals surface area (Å²) in [5.41, 5.74) is 4.84. The molecule has 4 N–H and O–H groups in total. The zero-order valence-corrected chi connectivity index (χ0v) is 4.57. The fraction of sp³-hybridized carbons (Fsp3) is 0.600. The molecule has 0 amide bonds. The highest BCUT2D eigenvalue weighted by Crippen LogP contribution is 1.86. The number of rotatable bonds is 3. The third-order valence-corrected chi connectivity index (χ3v) is 0.712. The maximum Gasteiger partial charge on any atom is 0.321 e. The van der Waals surface area contributed by atoms with E-state index in [-0.39, 0.29) is 7.43 Å². The summed E-state index contributed by atoms with van der Waals surface area (Å²) in [6.45, 7) is 0. The molecule has 0 aliphatic rings. The molecule has 1 atom stereocenters. The minimum absolute atomic E-state index is 0. The summed E-state index contributed by atoms with van der Waals surface area (Å²) in [5.74, 6) is -2.50. The van der Waals surface area contributed by atoms with Crippen LogP contribution >= 0.6 is 0 Å². The van der Waals surface area contributed by atoms with Crippen molar-refractivity contribution in [1.82, 2.24) is 0 Å². The summed E-state index contributed by atoms with van der Waals surface area (Å²) >= 11 is 0. The molecule has 0 bridgehead atoms. The summed E-state index contributed by atoms with van der Waals surface area (Å²) in [5, 5.41) is 16.0. The number of hydrogen-bond acceptors (Lipinski definition) is 3. The molecule has 0 heterocycles. The van der Waals surface area contributed by atoms with E-state index in [0.29, 0.717) is 0 Å². The third kappa shape index (κ3) is 5.04. The van der Waals surface area contributed by atoms with Crippen LogP contribution in [0.5, 0.6) is 0 Å². The maximum absolute atomic E-state index is 9.85. The topological polar surface area (TPSA) is 101 Å². The van der Waals surface area contributed by atoms with Gasteiger partial charge in [-0.1, -0.05) is 7.43 Å². The molecule has 0 rings (SSSR count). The molecule has 5 nitrogen and oxygen atoms in total. The van der Waals surface area contributed by atoms with Crippen LogP contribution in [0.3, 0.4) is 0 Å². The van der Waals surface area contributed by atoms with Crippen LogP contribution in [-0.4, -0.2) is 28.2 Å². The molecule has 60 valence electrons. The number of hydrogen-bond donors (Lipinski definition) is 3. The van der Waals surface area contributed by atoms with Crippen LogP contribution in [0.25, 0.3) is 0 Å². The molecule has 5 heteroatoms. The van der Waals surface area contributed by atoms with Crippen LogP contribution in [0.1, 0.15) is 13.8 Å². The van der Waals surface area contributed by atoms with Gasteiger partial charge in [0.05, 0.1) is 6.42 Å². The Morgan fingerprint density at radius 3 is 1.90 bits per heavy atom. The van der Waals surface area contributed by atoms with Gasteiger partial charge in [0.25, 0.3) is 0 Å². The van der Waals surface area contributed by atoms with Crippen molar-refractivity contribution in [3.8, 4) is 0 Å². The van der Waals surface area contributed by atoms with Crippen LogP contribution in [0.2, 0.25) is 0 Å². The first-order valence-corrected chi connectivity index (χ1v) is 2.24. The van der Waals surface area contributed by atoms with E-state index in [1.807, 2.05) is 0 Å². The lowest BCUT2D eigenvalue weighted by Crippen LogP contribution is -2.32. The van der Waals surface area contributed by atoms with Crippen LogP contribution in [0, 0.1) is 0 Å². The summed E-state index contributed by atoms with van der Waals surface area (Å²) in [6.07, 6.45) is -0.532. The predicted molar refractivity (Wildman–Crippen MR) is 34.6 cm³/mol. The molecule has 0 aromatic rings. The zero-order valence-electron chi connectivity index (χ0n) is 4.57. The van der Waals surface area contributed by atoms with E-state index in [1.165, 1.54) is 0 Å². The van der Waals surface area contributed by atoms with Crippen molar-refractivity contribution >= 4 is 11.9 Å². The predicted octanol–water partition coefficient (Wildman–Crippen LogP) is -0.491. The van der Waals surface area contributed by atoms with Crippen LogP contribution in [0.15, 0.2) is 0 Å². The molecule has 0 fully saturated rings. The van der Waals surface area contributed by atoms with Gasteiger partial charge in [-0.2, -0.15) is 0 Å². The molecule has 0 saturated heterocycles. The lowest BCUT2D eigenvalue weighted by atomic mass is 10.2. The number of carboxylic acids is 2. The highest BCUT2D eigenvalue weighted by molar-refractivity contribution is 5.80. The van der Waals surface area contributed by atoms with E-state index in [0.717, 1.165) is 0 Å². The molecule has 0 radical (unpaired) electrons. The van der Waals surface area contributed by atoms with Crippen molar-refractivity contribution in [1.29, 1.82) is 0 Å². The quantitative estimate of drug-likeness (QED) is 0.502. The van der Waals surface area contributed by atoms with Gasteiger partial charge < -0.3 is 15.9 Å². The van der Waals surface area contributed by atoms with E-state index >= 15 is 0 Å². The Kier molecular flexibility index (Phi) is 5.54. The molecule has 0 aliphatic heterocycles. The first-order chi connectivity index (χ1) is 4.04. The van der Waals surface area contributed by atoms with E-state index < -0.39 is 24.4 Å². The Labute approximate surface area is 58.5 Å². The average Bonchev–Trinajstić information content (AvgIpc) is 1.63. The molecular formula is C5H11NO4. The van der Waals surface area contributed by atoms with Gasteiger partial charge in [-0.05, 0) is 0 Å². The van der Waals surface area contributed by atoms with Crippen molar-refractivity contribution in [2.45, 2.75) is 19.9 Å². The molecule has 0 aromatic carbocycles. The third-order valence-electron chi connectivity index (χ3n) is 0.712. The second-order valence-corrected chi connectivity index (χ2v) is 1.54. The van der Waals surface area contributed by atoms with Crippen LogP contribution in [0.4, 0.5) is 0 Å². The minimum Gasteiger partial charge on any atom is -0.481 e. The number of carbonyl (C=O) groups is 2. The van der Waals surface area contributed by atoms with E-state index in [2.05, 4.69) is 0 Å². The van der Waals surface area contributed by atoms with Crippen molar-refractivity contribution in [3.05, 3.63) is 0 Å². The lowest BCUT2D eigenvalue weighted by molar-refractivity contribution is -0.144. The van der Waals surface area contributed by atoms with Gasteiger partial charge in [0.1, 0.15) is 6.04 Å². The van der Waals surface area contributed by atoms with Crippen molar-refractivity contribution in [2.75, 3.05) is 0 Å². The Hall–Kier alpha value is -1.10. The van der Waals surface area contributed by atoms with Gasteiger partial charge in [-0.3, -0.25) is 9.59 Å². The normalized spacial score (nSPS) is 11.3. The van der Waals surface area contributed by atoms with E-state index in [4.69, 9.17) is 15.9 Å². The second-order valence-electron chi connectivity index (χ2n) is 1.54. The second kappa shape index (κ2) is 4.75. The van der Waals surface area contributed by atoms with Crippen molar-refractivity contribution < 1.29 is 19.8 Å². The van der Waals surface area contributed by atoms with Crippen molar-refractivity contribution in [2.24, 2.45) is 5.73 Å². The summed E-state index contributed by atoms with van der Waals surface area (Å²) < 4.78 is 0. The molecular weight excluding hydrogens is 138 g/mol. The maximum atomic E-state index is 9.85. The monoisotopic (exact) mass is 149 g/mol. The van der Waals surface area contributed by atoms with Gasteiger partial charge >= 0.3 is 11.9 Å².